The molecule has 38 heavy (non-hydrogen) atoms. The summed E-state index contributed by atoms with van der Waals surface area (Å²) < 4.78 is 66.2. The van der Waals surface area contributed by atoms with Crippen LogP contribution in [0.4, 0.5) is 0 Å². The number of benzene rings is 2. The normalized spacial score (nSPS) is 17.8. The molecule has 2 aromatic carbocycles. The fourth-order valence-corrected chi connectivity index (χ4v) is 6.13. The van der Waals surface area contributed by atoms with Crippen molar-refractivity contribution >= 4 is 36.2 Å². The molecule has 1 saturated carbocycles. The van der Waals surface area contributed by atoms with E-state index in [1.54, 1.807) is 25.3 Å². The van der Waals surface area contributed by atoms with Gasteiger partial charge in [0.25, 0.3) is 0 Å². The number of hydrogen-bond acceptors (Lipinski definition) is 7. The molecule has 1 aliphatic rings. The predicted molar refractivity (Wildman–Crippen MR) is 156 cm³/mol. The summed E-state index contributed by atoms with van der Waals surface area (Å²) in [5, 5.41) is 0.974. The smallest absolute Gasteiger partial charge is 0.306 e. The Kier molecular flexibility index (Phi) is 9.85. The summed E-state index contributed by atoms with van der Waals surface area (Å²) in [6, 6.07) is 9.01. The Balaban J connectivity index is 2.24. The van der Waals surface area contributed by atoms with E-state index in [-0.39, 0.29) is 28.4 Å². The molecule has 0 radical (unpaired) electrons. The number of alkyl halides is 1. The minimum Gasteiger partial charge on any atom is -0.497 e. The van der Waals surface area contributed by atoms with Gasteiger partial charge in [0, 0.05) is 5.33 Å². The van der Waals surface area contributed by atoms with Gasteiger partial charge in [-0.25, -0.2) is 0 Å². The largest absolute Gasteiger partial charge is 0.497 e. The van der Waals surface area contributed by atoms with Crippen LogP contribution >= 0.6 is 15.9 Å². The summed E-state index contributed by atoms with van der Waals surface area (Å²) in [5.74, 6) is 1.34. The predicted octanol–water partition coefficient (Wildman–Crippen LogP) is 6.79. The first-order valence-corrected chi connectivity index (χ1v) is 17.6. The monoisotopic (exact) mass is 630 g/mol. The molecule has 212 valence electrons. The number of methoxy groups -OCH3 is 1. The van der Waals surface area contributed by atoms with Crippen molar-refractivity contribution in [3.63, 3.8) is 0 Å². The van der Waals surface area contributed by atoms with Gasteiger partial charge in [0.2, 0.25) is 0 Å². The molecule has 0 amide bonds. The van der Waals surface area contributed by atoms with Crippen molar-refractivity contribution in [3.05, 3.63) is 41.5 Å². The third-order valence-electron chi connectivity index (χ3n) is 7.05. The summed E-state index contributed by atoms with van der Waals surface area (Å²) in [4.78, 5) is 0. The molecule has 2 unspecified atom stereocenters. The SMILES string of the molecule is COc1ccc(C2CC2C)c(-c2c(OS(C)(=O)=O)cc(C(C)(C)CCCCCCBr)cc2OS(C)(=O)=O)c1. The molecule has 2 aromatic rings. The molecule has 0 aliphatic heterocycles. The molecule has 1 fully saturated rings. The lowest BCUT2D eigenvalue weighted by Gasteiger charge is -2.28. The number of halogens is 1. The molecule has 0 bridgehead atoms. The zero-order valence-electron chi connectivity index (χ0n) is 23.0. The Morgan fingerprint density at radius 1 is 0.921 bits per heavy atom. The number of ether oxygens (including phenoxy) is 1. The van der Waals surface area contributed by atoms with Crippen LogP contribution in [-0.2, 0) is 25.7 Å². The van der Waals surface area contributed by atoms with Gasteiger partial charge in [0.05, 0.1) is 25.2 Å². The van der Waals surface area contributed by atoms with Crippen molar-refractivity contribution in [3.8, 4) is 28.4 Å². The van der Waals surface area contributed by atoms with E-state index in [0.717, 1.165) is 67.5 Å². The zero-order chi connectivity index (χ0) is 28.3. The maximum absolute atomic E-state index is 12.4. The van der Waals surface area contributed by atoms with E-state index in [2.05, 4.69) is 36.7 Å². The van der Waals surface area contributed by atoms with Crippen molar-refractivity contribution in [1.82, 2.24) is 0 Å². The first-order valence-electron chi connectivity index (χ1n) is 12.9. The highest BCUT2D eigenvalue weighted by Gasteiger charge is 2.37. The first kappa shape index (κ1) is 30.8. The van der Waals surface area contributed by atoms with Crippen LogP contribution in [0, 0.1) is 5.92 Å². The van der Waals surface area contributed by atoms with Gasteiger partial charge in [-0.05, 0) is 77.5 Å². The number of hydrogen-bond donors (Lipinski definition) is 0. The van der Waals surface area contributed by atoms with Crippen LogP contribution in [0.1, 0.15) is 76.3 Å². The molecule has 10 heteroatoms. The van der Waals surface area contributed by atoms with Gasteiger partial charge < -0.3 is 13.1 Å². The lowest BCUT2D eigenvalue weighted by atomic mass is 9.79. The lowest BCUT2D eigenvalue weighted by Crippen LogP contribution is -2.19. The highest BCUT2D eigenvalue weighted by molar-refractivity contribution is 9.09. The van der Waals surface area contributed by atoms with Gasteiger partial charge in [0.15, 0.2) is 11.5 Å². The molecular weight excluding hydrogens is 592 g/mol. The fourth-order valence-electron chi connectivity index (χ4n) is 4.82. The third-order valence-corrected chi connectivity index (χ3v) is 8.58. The van der Waals surface area contributed by atoms with Gasteiger partial charge in [0.1, 0.15) is 5.75 Å². The second kappa shape index (κ2) is 12.2. The van der Waals surface area contributed by atoms with Crippen LogP contribution in [0.15, 0.2) is 30.3 Å². The Hall–Kier alpha value is -1.78. The maximum Gasteiger partial charge on any atom is 0.306 e. The second-order valence-corrected chi connectivity index (χ2v) is 14.9. The fraction of sp³-hybridized carbons (Fsp3) is 0.571. The Morgan fingerprint density at radius 3 is 1.95 bits per heavy atom. The van der Waals surface area contributed by atoms with Crippen LogP contribution < -0.4 is 13.1 Å². The molecule has 7 nitrogen and oxygen atoms in total. The third kappa shape index (κ3) is 8.36. The molecule has 3 rings (SSSR count). The van der Waals surface area contributed by atoms with E-state index in [0.29, 0.717) is 17.2 Å². The quantitative estimate of drug-likeness (QED) is 0.129. The Labute approximate surface area is 236 Å². The average molecular weight is 632 g/mol. The molecule has 0 spiro atoms. The maximum atomic E-state index is 12.4. The van der Waals surface area contributed by atoms with E-state index in [9.17, 15) is 16.8 Å². The highest BCUT2D eigenvalue weighted by Crippen LogP contribution is 2.54. The summed E-state index contributed by atoms with van der Waals surface area (Å²) >= 11 is 3.46. The Morgan fingerprint density at radius 2 is 1.47 bits per heavy atom. The van der Waals surface area contributed by atoms with E-state index < -0.39 is 20.2 Å². The highest BCUT2D eigenvalue weighted by atomic mass is 79.9. The van der Waals surface area contributed by atoms with E-state index in [4.69, 9.17) is 13.1 Å². The van der Waals surface area contributed by atoms with Crippen molar-refractivity contribution in [2.45, 2.75) is 70.6 Å². The van der Waals surface area contributed by atoms with Crippen LogP contribution in [-0.4, -0.2) is 41.8 Å². The van der Waals surface area contributed by atoms with Gasteiger partial charge >= 0.3 is 20.2 Å². The van der Waals surface area contributed by atoms with Crippen LogP contribution in [0.3, 0.4) is 0 Å². The molecule has 2 atom stereocenters. The topological polar surface area (TPSA) is 96.0 Å². The van der Waals surface area contributed by atoms with Gasteiger partial charge in [-0.15, -0.1) is 0 Å². The minimum absolute atomic E-state index is 0.0406. The number of unbranched alkanes of at least 4 members (excludes halogenated alkanes) is 3. The van der Waals surface area contributed by atoms with Crippen molar-refractivity contribution in [1.29, 1.82) is 0 Å². The van der Waals surface area contributed by atoms with Gasteiger partial charge in [-0.3, -0.25) is 0 Å². The van der Waals surface area contributed by atoms with E-state index in [1.165, 1.54) is 0 Å². The zero-order valence-corrected chi connectivity index (χ0v) is 26.3. The second-order valence-electron chi connectivity index (χ2n) is 10.9. The molecule has 0 saturated heterocycles. The van der Waals surface area contributed by atoms with Crippen molar-refractivity contribution in [2.24, 2.45) is 5.92 Å². The van der Waals surface area contributed by atoms with Crippen molar-refractivity contribution < 1.29 is 29.9 Å². The van der Waals surface area contributed by atoms with Gasteiger partial charge in [-0.2, -0.15) is 16.8 Å². The first-order chi connectivity index (χ1) is 17.6. The minimum atomic E-state index is -3.94. The molecular formula is C28H39BrO7S2. The Bertz CT molecular complexity index is 1300. The standard InChI is InChI=1S/C28H39BrO7S2/c1-19-15-23(19)22-12-11-21(34-4)18-24(22)27-25(35-37(5,30)31)16-20(17-26(27)36-38(6,32)33)28(2,3)13-9-7-8-10-14-29/h11-12,16-19,23H,7-10,13-15H2,1-6H3. The molecule has 0 aromatic heterocycles. The summed E-state index contributed by atoms with van der Waals surface area (Å²) in [6.07, 6.45) is 8.03. The van der Waals surface area contributed by atoms with Gasteiger partial charge in [-0.1, -0.05) is 62.0 Å². The van der Waals surface area contributed by atoms with Crippen LogP contribution in [0.5, 0.6) is 17.2 Å². The van der Waals surface area contributed by atoms with E-state index >= 15 is 0 Å². The van der Waals surface area contributed by atoms with Crippen LogP contribution in [0.2, 0.25) is 0 Å². The number of rotatable bonds is 14. The average Bonchev–Trinajstić information content (AvgIpc) is 3.52. The lowest BCUT2D eigenvalue weighted by molar-refractivity contribution is 0.415. The summed E-state index contributed by atoms with van der Waals surface area (Å²) in [5.41, 5.74) is 2.23. The summed E-state index contributed by atoms with van der Waals surface area (Å²) in [7, 11) is -6.34. The van der Waals surface area contributed by atoms with Crippen LogP contribution in [0.25, 0.3) is 11.1 Å². The van der Waals surface area contributed by atoms with Crippen molar-refractivity contribution in [2.75, 3.05) is 25.0 Å². The summed E-state index contributed by atoms with van der Waals surface area (Å²) in [6.45, 7) is 6.26. The molecule has 1 aliphatic carbocycles. The van der Waals surface area contributed by atoms with E-state index in [1.807, 2.05) is 12.1 Å². The molecule has 0 N–H and O–H groups in total. The molecule has 0 heterocycles.